The monoisotopic (exact) mass is 246 g/mol. The molecule has 4 nitrogen and oxygen atoms in total. The molecule has 2 aliphatic heterocycles. The predicted octanol–water partition coefficient (Wildman–Crippen LogP) is 1.26. The molecule has 1 aromatic heterocycles. The second-order valence-corrected chi connectivity index (χ2v) is 5.44. The molecule has 1 N–H and O–H groups in total. The SMILES string of the molecule is CCc1cc(CC)nc(N2C[C@H]3CNC[C@H]3C2)n1. The Labute approximate surface area is 109 Å². The highest BCUT2D eigenvalue weighted by atomic mass is 15.3. The minimum atomic E-state index is 0.795. The van der Waals surface area contributed by atoms with Crippen molar-refractivity contribution in [3.63, 3.8) is 0 Å². The normalized spacial score (nSPS) is 26.7. The van der Waals surface area contributed by atoms with Gasteiger partial charge in [0.05, 0.1) is 0 Å². The molecule has 0 unspecified atom stereocenters. The Morgan fingerprint density at radius 2 is 1.67 bits per heavy atom. The van der Waals surface area contributed by atoms with Gasteiger partial charge >= 0.3 is 0 Å². The third-order valence-electron chi connectivity index (χ3n) is 4.22. The fourth-order valence-corrected chi connectivity index (χ4v) is 3.06. The van der Waals surface area contributed by atoms with E-state index in [0.29, 0.717) is 0 Å². The lowest BCUT2D eigenvalue weighted by Crippen LogP contribution is -2.27. The molecule has 0 aliphatic carbocycles. The van der Waals surface area contributed by atoms with E-state index in [4.69, 9.17) is 9.97 Å². The van der Waals surface area contributed by atoms with E-state index in [1.165, 1.54) is 11.4 Å². The number of aromatic nitrogens is 2. The van der Waals surface area contributed by atoms with E-state index in [0.717, 1.165) is 56.8 Å². The van der Waals surface area contributed by atoms with Crippen molar-refractivity contribution in [2.75, 3.05) is 31.1 Å². The summed E-state index contributed by atoms with van der Waals surface area (Å²) in [5.41, 5.74) is 2.35. The molecule has 4 heteroatoms. The Morgan fingerprint density at radius 3 is 2.17 bits per heavy atom. The molecule has 0 aromatic carbocycles. The van der Waals surface area contributed by atoms with Crippen LogP contribution >= 0.6 is 0 Å². The molecule has 98 valence electrons. The van der Waals surface area contributed by atoms with Gasteiger partial charge < -0.3 is 10.2 Å². The summed E-state index contributed by atoms with van der Waals surface area (Å²) in [4.78, 5) is 11.8. The van der Waals surface area contributed by atoms with Gasteiger partial charge in [-0.05, 0) is 30.7 Å². The van der Waals surface area contributed by atoms with Crippen LogP contribution in [-0.2, 0) is 12.8 Å². The molecule has 3 heterocycles. The van der Waals surface area contributed by atoms with E-state index < -0.39 is 0 Å². The number of hydrogen-bond acceptors (Lipinski definition) is 4. The summed E-state index contributed by atoms with van der Waals surface area (Å²) < 4.78 is 0. The van der Waals surface area contributed by atoms with Crippen molar-refractivity contribution in [3.8, 4) is 0 Å². The molecular weight excluding hydrogens is 224 g/mol. The third kappa shape index (κ3) is 2.09. The van der Waals surface area contributed by atoms with Gasteiger partial charge in [0.15, 0.2) is 0 Å². The van der Waals surface area contributed by atoms with Gasteiger partial charge in [-0.15, -0.1) is 0 Å². The van der Waals surface area contributed by atoms with Crippen molar-refractivity contribution in [2.45, 2.75) is 26.7 Å². The van der Waals surface area contributed by atoms with Crippen LogP contribution in [0.15, 0.2) is 6.07 Å². The summed E-state index contributed by atoms with van der Waals surface area (Å²) in [6, 6.07) is 2.14. The van der Waals surface area contributed by atoms with Gasteiger partial charge in [0.1, 0.15) is 0 Å². The van der Waals surface area contributed by atoms with E-state index in [1.807, 2.05) is 0 Å². The standard InChI is InChI=1S/C14H22N4/c1-3-12-5-13(4-2)17-14(16-12)18-8-10-6-15-7-11(10)9-18/h5,10-11,15H,3-4,6-9H2,1-2H3/t10-,11+. The molecule has 0 bridgehead atoms. The van der Waals surface area contributed by atoms with Crippen molar-refractivity contribution >= 4 is 5.95 Å². The molecule has 18 heavy (non-hydrogen) atoms. The van der Waals surface area contributed by atoms with Crippen molar-refractivity contribution < 1.29 is 0 Å². The highest BCUT2D eigenvalue weighted by Gasteiger charge is 2.37. The van der Waals surface area contributed by atoms with Gasteiger partial charge in [-0.25, -0.2) is 9.97 Å². The minimum absolute atomic E-state index is 0.795. The van der Waals surface area contributed by atoms with Gasteiger partial charge in [0.25, 0.3) is 0 Å². The number of nitrogens with one attached hydrogen (secondary N) is 1. The molecule has 2 fully saturated rings. The fourth-order valence-electron chi connectivity index (χ4n) is 3.06. The second-order valence-electron chi connectivity index (χ2n) is 5.44. The van der Waals surface area contributed by atoms with E-state index >= 15 is 0 Å². The summed E-state index contributed by atoms with van der Waals surface area (Å²) in [7, 11) is 0. The van der Waals surface area contributed by atoms with Gasteiger partial charge in [-0.3, -0.25) is 0 Å². The zero-order chi connectivity index (χ0) is 12.5. The van der Waals surface area contributed by atoms with Gasteiger partial charge in [0.2, 0.25) is 5.95 Å². The predicted molar refractivity (Wildman–Crippen MR) is 72.9 cm³/mol. The summed E-state index contributed by atoms with van der Waals surface area (Å²) in [6.45, 7) is 8.88. The van der Waals surface area contributed by atoms with Crippen LogP contribution in [0, 0.1) is 11.8 Å². The van der Waals surface area contributed by atoms with Crippen LogP contribution < -0.4 is 10.2 Å². The molecule has 2 atom stereocenters. The number of hydrogen-bond donors (Lipinski definition) is 1. The van der Waals surface area contributed by atoms with Gasteiger partial charge in [-0.1, -0.05) is 13.8 Å². The molecule has 2 aliphatic rings. The molecule has 0 radical (unpaired) electrons. The first-order valence-electron chi connectivity index (χ1n) is 7.12. The maximum atomic E-state index is 4.70. The van der Waals surface area contributed by atoms with Crippen LogP contribution in [0.3, 0.4) is 0 Å². The molecule has 0 amide bonds. The van der Waals surface area contributed by atoms with Crippen molar-refractivity contribution in [2.24, 2.45) is 11.8 Å². The lowest BCUT2D eigenvalue weighted by molar-refractivity contribution is 0.533. The Hall–Kier alpha value is -1.16. The maximum Gasteiger partial charge on any atom is 0.225 e. The zero-order valence-corrected chi connectivity index (χ0v) is 11.3. The van der Waals surface area contributed by atoms with E-state index in [2.05, 4.69) is 30.1 Å². The second kappa shape index (κ2) is 4.84. The van der Waals surface area contributed by atoms with Gasteiger partial charge in [-0.2, -0.15) is 0 Å². The average molecular weight is 246 g/mol. The quantitative estimate of drug-likeness (QED) is 0.871. The van der Waals surface area contributed by atoms with Crippen molar-refractivity contribution in [1.82, 2.24) is 15.3 Å². The Balaban J connectivity index is 1.83. The first-order chi connectivity index (χ1) is 8.80. The summed E-state index contributed by atoms with van der Waals surface area (Å²) in [5, 5.41) is 3.47. The Kier molecular flexibility index (Phi) is 3.20. The highest BCUT2D eigenvalue weighted by Crippen LogP contribution is 2.28. The van der Waals surface area contributed by atoms with Gasteiger partial charge in [0, 0.05) is 37.6 Å². The molecule has 1 aromatic rings. The van der Waals surface area contributed by atoms with E-state index in [9.17, 15) is 0 Å². The van der Waals surface area contributed by atoms with Crippen LogP contribution in [-0.4, -0.2) is 36.1 Å². The Morgan fingerprint density at radius 1 is 1.11 bits per heavy atom. The molecule has 0 saturated carbocycles. The lowest BCUT2D eigenvalue weighted by Gasteiger charge is -2.18. The van der Waals surface area contributed by atoms with Crippen LogP contribution in [0.5, 0.6) is 0 Å². The van der Waals surface area contributed by atoms with Crippen molar-refractivity contribution in [3.05, 3.63) is 17.5 Å². The first kappa shape index (κ1) is 11.9. The molecule has 0 spiro atoms. The zero-order valence-electron chi connectivity index (χ0n) is 11.3. The fraction of sp³-hybridized carbons (Fsp3) is 0.714. The number of anilines is 1. The molecule has 3 rings (SSSR count). The topological polar surface area (TPSA) is 41.1 Å². The third-order valence-corrected chi connectivity index (χ3v) is 4.22. The van der Waals surface area contributed by atoms with Crippen LogP contribution in [0.2, 0.25) is 0 Å². The average Bonchev–Trinajstić information content (AvgIpc) is 2.98. The maximum absolute atomic E-state index is 4.70. The van der Waals surface area contributed by atoms with E-state index in [-0.39, 0.29) is 0 Å². The van der Waals surface area contributed by atoms with Crippen LogP contribution in [0.1, 0.15) is 25.2 Å². The first-order valence-corrected chi connectivity index (χ1v) is 7.12. The number of aryl methyl sites for hydroxylation is 2. The molecule has 2 saturated heterocycles. The van der Waals surface area contributed by atoms with E-state index in [1.54, 1.807) is 0 Å². The molecular formula is C14H22N4. The summed E-state index contributed by atoms with van der Waals surface area (Å²) >= 11 is 0. The lowest BCUT2D eigenvalue weighted by atomic mass is 10.0. The van der Waals surface area contributed by atoms with Crippen LogP contribution in [0.25, 0.3) is 0 Å². The number of nitrogens with zero attached hydrogens (tertiary/aromatic N) is 3. The highest BCUT2D eigenvalue weighted by molar-refractivity contribution is 5.35. The number of fused-ring (bicyclic) bond motifs is 1. The van der Waals surface area contributed by atoms with Crippen molar-refractivity contribution in [1.29, 1.82) is 0 Å². The summed E-state index contributed by atoms with van der Waals surface area (Å²) in [6.07, 6.45) is 1.98. The minimum Gasteiger partial charge on any atom is -0.340 e. The largest absolute Gasteiger partial charge is 0.340 e. The Bertz CT molecular complexity index is 398. The summed E-state index contributed by atoms with van der Waals surface area (Å²) in [5.74, 6) is 2.55. The van der Waals surface area contributed by atoms with Crippen LogP contribution in [0.4, 0.5) is 5.95 Å². The smallest absolute Gasteiger partial charge is 0.225 e. The number of rotatable bonds is 3.